The van der Waals surface area contributed by atoms with E-state index < -0.39 is 16.0 Å². The summed E-state index contributed by atoms with van der Waals surface area (Å²) in [4.78, 5) is 40.7. The summed E-state index contributed by atoms with van der Waals surface area (Å²) in [5, 5.41) is 18.4. The summed E-state index contributed by atoms with van der Waals surface area (Å²) in [5.41, 5.74) is 2.64. The highest BCUT2D eigenvalue weighted by atomic mass is 32.2. The second-order valence-electron chi connectivity index (χ2n) is 9.26. The van der Waals surface area contributed by atoms with Crippen LogP contribution in [0.2, 0.25) is 0 Å². The highest BCUT2D eigenvalue weighted by Crippen LogP contribution is 2.33. The molecule has 200 valence electrons. The molecule has 39 heavy (non-hydrogen) atoms. The van der Waals surface area contributed by atoms with E-state index >= 15 is 0 Å². The van der Waals surface area contributed by atoms with Crippen molar-refractivity contribution in [3.63, 3.8) is 0 Å². The SMILES string of the molecule is Cc1cc(C#N)nc(N2CCN(S(=O)(=O)c3ccc4c(c3)CCN4C(=O)c3cccnc3CC(=O)O)CC2)n1. The molecule has 0 atom stereocenters. The van der Waals surface area contributed by atoms with Crippen LogP contribution < -0.4 is 9.80 Å². The first-order chi connectivity index (χ1) is 18.7. The highest BCUT2D eigenvalue weighted by Gasteiger charge is 2.33. The van der Waals surface area contributed by atoms with Gasteiger partial charge < -0.3 is 14.9 Å². The molecular weight excluding hydrogens is 522 g/mol. The van der Waals surface area contributed by atoms with Crippen LogP contribution >= 0.6 is 0 Å². The number of carboxylic acid groups (broad SMARTS) is 1. The van der Waals surface area contributed by atoms with Crippen molar-refractivity contribution < 1.29 is 23.1 Å². The Morgan fingerprint density at radius 1 is 1.08 bits per heavy atom. The van der Waals surface area contributed by atoms with Crippen molar-refractivity contribution in [2.24, 2.45) is 0 Å². The van der Waals surface area contributed by atoms with E-state index in [1.54, 1.807) is 37.3 Å². The van der Waals surface area contributed by atoms with Gasteiger partial charge in [-0.2, -0.15) is 9.57 Å². The van der Waals surface area contributed by atoms with Gasteiger partial charge in [0.05, 0.1) is 22.6 Å². The Kier molecular flexibility index (Phi) is 6.98. The molecule has 0 bridgehead atoms. The molecule has 1 saturated heterocycles. The van der Waals surface area contributed by atoms with Gasteiger partial charge in [0.1, 0.15) is 11.8 Å². The zero-order chi connectivity index (χ0) is 27.7. The van der Waals surface area contributed by atoms with Gasteiger partial charge in [-0.05, 0) is 55.3 Å². The summed E-state index contributed by atoms with van der Waals surface area (Å²) in [6, 6.07) is 11.5. The molecule has 1 N–H and O–H groups in total. The first-order valence-corrected chi connectivity index (χ1v) is 13.7. The number of carbonyl (C=O) groups excluding carboxylic acids is 1. The lowest BCUT2D eigenvalue weighted by Crippen LogP contribution is -2.49. The molecular formula is C26H25N7O5S. The maximum atomic E-state index is 13.5. The third kappa shape index (κ3) is 5.16. The average Bonchev–Trinajstić information content (AvgIpc) is 3.36. The number of amides is 1. The molecule has 0 radical (unpaired) electrons. The number of rotatable bonds is 6. The average molecular weight is 548 g/mol. The van der Waals surface area contributed by atoms with Crippen molar-refractivity contribution in [3.8, 4) is 6.07 Å². The van der Waals surface area contributed by atoms with Crippen LogP contribution in [0.4, 0.5) is 11.6 Å². The fourth-order valence-electron chi connectivity index (χ4n) is 4.84. The lowest BCUT2D eigenvalue weighted by atomic mass is 10.1. The number of nitriles is 1. The van der Waals surface area contributed by atoms with Gasteiger partial charge in [0.25, 0.3) is 5.91 Å². The zero-order valence-electron chi connectivity index (χ0n) is 21.1. The van der Waals surface area contributed by atoms with E-state index in [1.165, 1.54) is 21.5 Å². The monoisotopic (exact) mass is 547 g/mol. The van der Waals surface area contributed by atoms with Crippen LogP contribution in [0.25, 0.3) is 0 Å². The molecule has 12 nitrogen and oxygen atoms in total. The van der Waals surface area contributed by atoms with Crippen LogP contribution in [-0.4, -0.2) is 77.4 Å². The van der Waals surface area contributed by atoms with E-state index in [-0.39, 0.29) is 47.3 Å². The molecule has 13 heteroatoms. The first-order valence-electron chi connectivity index (χ1n) is 12.3. The molecule has 0 spiro atoms. The molecule has 4 heterocycles. The summed E-state index contributed by atoms with van der Waals surface area (Å²) < 4.78 is 28.3. The normalized spacial score (nSPS) is 15.6. The Bertz CT molecular complexity index is 1610. The van der Waals surface area contributed by atoms with Gasteiger partial charge in [0.2, 0.25) is 16.0 Å². The minimum atomic E-state index is -3.79. The Balaban J connectivity index is 1.32. The van der Waals surface area contributed by atoms with E-state index in [0.29, 0.717) is 43.4 Å². The van der Waals surface area contributed by atoms with Crippen molar-refractivity contribution in [1.29, 1.82) is 5.26 Å². The predicted octanol–water partition coefficient (Wildman–Crippen LogP) is 1.39. The van der Waals surface area contributed by atoms with Crippen molar-refractivity contribution in [2.45, 2.75) is 24.7 Å². The Hall–Kier alpha value is -4.41. The number of pyridine rings is 1. The summed E-state index contributed by atoms with van der Waals surface area (Å²) in [6.45, 7) is 3.35. The van der Waals surface area contributed by atoms with Crippen molar-refractivity contribution in [1.82, 2.24) is 19.3 Å². The van der Waals surface area contributed by atoms with Crippen molar-refractivity contribution in [2.75, 3.05) is 42.5 Å². The van der Waals surface area contributed by atoms with E-state index in [9.17, 15) is 23.3 Å². The molecule has 2 aliphatic rings. The lowest BCUT2D eigenvalue weighted by Gasteiger charge is -2.34. The van der Waals surface area contributed by atoms with Crippen LogP contribution in [0.15, 0.2) is 47.5 Å². The molecule has 1 fully saturated rings. The molecule has 0 unspecified atom stereocenters. The summed E-state index contributed by atoms with van der Waals surface area (Å²) >= 11 is 0. The lowest BCUT2D eigenvalue weighted by molar-refractivity contribution is -0.136. The van der Waals surface area contributed by atoms with E-state index in [0.717, 1.165) is 5.56 Å². The standard InChI is InChI=1S/C26H25N7O5S/c1-17-13-19(16-27)30-26(29-17)31-9-11-32(12-10-31)39(37,38)20-4-5-23-18(14-20)6-8-33(23)25(36)21-3-2-7-28-22(21)15-24(34)35/h2-5,7,13-14H,6,8-12,15H2,1H3,(H,34,35). The summed E-state index contributed by atoms with van der Waals surface area (Å²) in [6.07, 6.45) is 1.54. The summed E-state index contributed by atoms with van der Waals surface area (Å²) in [7, 11) is -3.79. The number of anilines is 2. The second-order valence-corrected chi connectivity index (χ2v) is 11.2. The van der Waals surface area contributed by atoms with Gasteiger partial charge in [0.15, 0.2) is 0 Å². The molecule has 5 rings (SSSR count). The Morgan fingerprint density at radius 2 is 1.85 bits per heavy atom. The number of fused-ring (bicyclic) bond motifs is 1. The quantitative estimate of drug-likeness (QED) is 0.477. The highest BCUT2D eigenvalue weighted by molar-refractivity contribution is 7.89. The number of benzene rings is 1. The minimum Gasteiger partial charge on any atom is -0.481 e. The number of aryl methyl sites for hydroxylation is 1. The van der Waals surface area contributed by atoms with Gasteiger partial charge in [-0.25, -0.2) is 18.4 Å². The number of aliphatic carboxylic acids is 1. The fourth-order valence-corrected chi connectivity index (χ4v) is 6.31. The fraction of sp³-hybridized carbons (Fsp3) is 0.308. The number of carboxylic acids is 1. The number of nitrogens with zero attached hydrogens (tertiary/aromatic N) is 7. The van der Waals surface area contributed by atoms with Gasteiger partial charge in [-0.15, -0.1) is 0 Å². The van der Waals surface area contributed by atoms with Crippen molar-refractivity contribution >= 4 is 33.5 Å². The largest absolute Gasteiger partial charge is 0.481 e. The third-order valence-electron chi connectivity index (χ3n) is 6.75. The van der Waals surface area contributed by atoms with Gasteiger partial charge in [0, 0.05) is 50.3 Å². The van der Waals surface area contributed by atoms with Crippen LogP contribution in [0.5, 0.6) is 0 Å². The number of hydrogen-bond donors (Lipinski definition) is 1. The van der Waals surface area contributed by atoms with Crippen molar-refractivity contribution in [3.05, 3.63) is 70.8 Å². The Morgan fingerprint density at radius 3 is 2.56 bits per heavy atom. The van der Waals surface area contributed by atoms with Crippen LogP contribution in [0.3, 0.4) is 0 Å². The van der Waals surface area contributed by atoms with E-state index in [2.05, 4.69) is 15.0 Å². The molecule has 2 aliphatic heterocycles. The predicted molar refractivity (Wildman–Crippen MR) is 140 cm³/mol. The molecule has 3 aromatic rings. The van der Waals surface area contributed by atoms with E-state index in [1.807, 2.05) is 11.0 Å². The van der Waals surface area contributed by atoms with Gasteiger partial charge >= 0.3 is 5.97 Å². The number of piperazine rings is 1. The minimum absolute atomic E-state index is 0.149. The van der Waals surface area contributed by atoms with Crippen LogP contribution in [-0.2, 0) is 27.7 Å². The topological polar surface area (TPSA) is 161 Å². The molecule has 1 aromatic carbocycles. The maximum Gasteiger partial charge on any atom is 0.309 e. The number of sulfonamides is 1. The zero-order valence-corrected chi connectivity index (χ0v) is 21.9. The molecule has 0 aliphatic carbocycles. The van der Waals surface area contributed by atoms with E-state index in [4.69, 9.17) is 5.11 Å². The van der Waals surface area contributed by atoms with Crippen LogP contribution in [0, 0.1) is 18.3 Å². The Labute approximate surface area is 225 Å². The van der Waals surface area contributed by atoms with Gasteiger partial charge in [-0.3, -0.25) is 14.6 Å². The molecule has 2 aromatic heterocycles. The first kappa shape index (κ1) is 26.2. The van der Waals surface area contributed by atoms with Gasteiger partial charge in [-0.1, -0.05) is 0 Å². The number of aromatic nitrogens is 3. The summed E-state index contributed by atoms with van der Waals surface area (Å²) in [5.74, 6) is -1.05. The molecule has 1 amide bonds. The third-order valence-corrected chi connectivity index (χ3v) is 8.64. The number of hydrogen-bond acceptors (Lipinski definition) is 9. The maximum absolute atomic E-state index is 13.5. The number of carbonyl (C=O) groups is 2. The molecule has 0 saturated carbocycles. The smallest absolute Gasteiger partial charge is 0.309 e. The van der Waals surface area contributed by atoms with Crippen LogP contribution in [0.1, 0.15) is 33.0 Å². The second kappa shape index (κ2) is 10.4.